The van der Waals surface area contributed by atoms with Crippen LogP contribution in [0.2, 0.25) is 5.02 Å². The third kappa shape index (κ3) is 5.21. The van der Waals surface area contributed by atoms with Gasteiger partial charge in [-0.25, -0.2) is 13.2 Å². The van der Waals surface area contributed by atoms with E-state index in [2.05, 4.69) is 15.0 Å². The van der Waals surface area contributed by atoms with E-state index in [4.69, 9.17) is 16.3 Å². The number of hydrogen-bond donors (Lipinski definition) is 1. The minimum absolute atomic E-state index is 0.00660. The van der Waals surface area contributed by atoms with Gasteiger partial charge >= 0.3 is 0 Å². The third-order valence-electron chi connectivity index (χ3n) is 5.61. The van der Waals surface area contributed by atoms with Crippen LogP contribution in [0.15, 0.2) is 47.7 Å². The van der Waals surface area contributed by atoms with E-state index in [0.717, 1.165) is 6.20 Å². The molecule has 4 heterocycles. The molecule has 1 N–H and O–H groups in total. The second-order valence-electron chi connectivity index (χ2n) is 8.91. The highest BCUT2D eigenvalue weighted by Crippen LogP contribution is 2.31. The van der Waals surface area contributed by atoms with Gasteiger partial charge in [0.05, 0.1) is 17.6 Å². The van der Waals surface area contributed by atoms with Crippen LogP contribution in [0.5, 0.6) is 5.75 Å². The van der Waals surface area contributed by atoms with Gasteiger partial charge in [-0.3, -0.25) is 24.3 Å². The Morgan fingerprint density at radius 3 is 2.49 bits per heavy atom. The van der Waals surface area contributed by atoms with Crippen molar-refractivity contribution in [2.75, 3.05) is 0 Å². The Balaban J connectivity index is 1.75. The Bertz CT molecular complexity index is 1570. The van der Waals surface area contributed by atoms with Crippen LogP contribution >= 0.6 is 11.6 Å². The van der Waals surface area contributed by atoms with Crippen molar-refractivity contribution in [1.82, 2.24) is 19.5 Å². The van der Waals surface area contributed by atoms with Gasteiger partial charge in [0.1, 0.15) is 40.2 Å². The number of nitrogens with zero attached hydrogens (tertiary/aromatic N) is 4. The van der Waals surface area contributed by atoms with Crippen LogP contribution in [0.1, 0.15) is 36.5 Å². The van der Waals surface area contributed by atoms with Crippen LogP contribution in [0, 0.1) is 31.3 Å². The fourth-order valence-corrected chi connectivity index (χ4v) is 3.94. The standard InChI is InChI=1S/C26H22ClF3N4O3/c1-13-10-32-18(16-5-6-31-24(23(16)30)26(3,4)36)9-20(13)34-14(2)7-21(22(27)25(34)35)37-12-19-17(29)8-15(28)11-33-19/h5-11,36H,12H2,1-4H3. The molecule has 4 rings (SSSR count). The lowest BCUT2D eigenvalue weighted by atomic mass is 10.00. The maximum absolute atomic E-state index is 15.2. The van der Waals surface area contributed by atoms with Crippen molar-refractivity contribution in [2.45, 2.75) is 39.9 Å². The summed E-state index contributed by atoms with van der Waals surface area (Å²) in [7, 11) is 0. The molecule has 0 aliphatic carbocycles. The number of rotatable bonds is 6. The van der Waals surface area contributed by atoms with E-state index in [-0.39, 0.29) is 40.0 Å². The average Bonchev–Trinajstić information content (AvgIpc) is 2.82. The number of halogens is 4. The largest absolute Gasteiger partial charge is 0.485 e. The normalized spacial score (nSPS) is 11.6. The molecular weight excluding hydrogens is 509 g/mol. The highest BCUT2D eigenvalue weighted by molar-refractivity contribution is 6.31. The first-order chi connectivity index (χ1) is 17.4. The maximum atomic E-state index is 15.2. The van der Waals surface area contributed by atoms with Gasteiger partial charge in [0.25, 0.3) is 5.56 Å². The zero-order chi connectivity index (χ0) is 27.1. The van der Waals surface area contributed by atoms with Crippen molar-refractivity contribution in [1.29, 1.82) is 0 Å². The van der Waals surface area contributed by atoms with Gasteiger partial charge in [0.2, 0.25) is 0 Å². The van der Waals surface area contributed by atoms with Crippen LogP contribution in [0.3, 0.4) is 0 Å². The zero-order valence-electron chi connectivity index (χ0n) is 20.3. The molecule has 0 amide bonds. The summed E-state index contributed by atoms with van der Waals surface area (Å²) in [5.41, 5.74) is -0.706. The van der Waals surface area contributed by atoms with E-state index in [0.29, 0.717) is 23.0 Å². The highest BCUT2D eigenvalue weighted by Gasteiger charge is 2.25. The van der Waals surface area contributed by atoms with Crippen LogP contribution in [0.4, 0.5) is 13.2 Å². The van der Waals surface area contributed by atoms with E-state index >= 15 is 4.39 Å². The average molecular weight is 531 g/mol. The number of aromatic nitrogens is 4. The van der Waals surface area contributed by atoms with Crippen molar-refractivity contribution in [2.24, 2.45) is 0 Å². The summed E-state index contributed by atoms with van der Waals surface area (Å²) in [5.74, 6) is -2.46. The lowest BCUT2D eigenvalue weighted by Gasteiger charge is -2.19. The molecule has 192 valence electrons. The van der Waals surface area contributed by atoms with Crippen LogP contribution in [0.25, 0.3) is 16.9 Å². The molecule has 37 heavy (non-hydrogen) atoms. The van der Waals surface area contributed by atoms with Crippen molar-refractivity contribution >= 4 is 11.6 Å². The quantitative estimate of drug-likeness (QED) is 0.369. The summed E-state index contributed by atoms with van der Waals surface area (Å²) in [6, 6.07) is 5.12. The number of ether oxygens (including phenoxy) is 1. The van der Waals surface area contributed by atoms with E-state index in [1.807, 2.05) is 0 Å². The number of pyridine rings is 4. The first-order valence-electron chi connectivity index (χ1n) is 11.1. The van der Waals surface area contributed by atoms with Crippen molar-refractivity contribution < 1.29 is 23.0 Å². The van der Waals surface area contributed by atoms with Crippen molar-refractivity contribution in [3.63, 3.8) is 0 Å². The van der Waals surface area contributed by atoms with Gasteiger partial charge in [-0.1, -0.05) is 11.6 Å². The van der Waals surface area contributed by atoms with Crippen molar-refractivity contribution in [3.05, 3.63) is 98.3 Å². The summed E-state index contributed by atoms with van der Waals surface area (Å²) in [6.07, 6.45) is 3.71. The van der Waals surface area contributed by atoms with Crippen LogP contribution < -0.4 is 10.3 Å². The molecule has 0 saturated heterocycles. The molecule has 4 aromatic heterocycles. The smallest absolute Gasteiger partial charge is 0.277 e. The van der Waals surface area contributed by atoms with Crippen LogP contribution in [-0.4, -0.2) is 24.6 Å². The van der Waals surface area contributed by atoms with E-state index < -0.39 is 28.6 Å². The lowest BCUT2D eigenvalue weighted by Crippen LogP contribution is -2.23. The monoisotopic (exact) mass is 530 g/mol. The SMILES string of the molecule is Cc1cnc(-c2ccnc(C(C)(C)O)c2F)cc1-n1c(C)cc(OCc2ncc(F)cc2F)c(Cl)c1=O. The Morgan fingerprint density at radius 2 is 1.81 bits per heavy atom. The molecule has 0 fully saturated rings. The van der Waals surface area contributed by atoms with Crippen LogP contribution in [-0.2, 0) is 12.2 Å². The number of hydrogen-bond acceptors (Lipinski definition) is 6. The fourth-order valence-electron chi connectivity index (χ4n) is 3.75. The molecule has 0 unspecified atom stereocenters. The maximum Gasteiger partial charge on any atom is 0.277 e. The Labute approximate surface area is 215 Å². The van der Waals surface area contributed by atoms with E-state index in [9.17, 15) is 18.7 Å². The zero-order valence-corrected chi connectivity index (χ0v) is 21.1. The second kappa shape index (κ2) is 9.95. The molecule has 0 atom stereocenters. The molecule has 0 bridgehead atoms. The predicted molar refractivity (Wildman–Crippen MR) is 131 cm³/mol. The first-order valence-corrected chi connectivity index (χ1v) is 11.5. The summed E-state index contributed by atoms with van der Waals surface area (Å²) >= 11 is 6.31. The summed E-state index contributed by atoms with van der Waals surface area (Å²) < 4.78 is 49.1. The van der Waals surface area contributed by atoms with Gasteiger partial charge in [0, 0.05) is 35.8 Å². The highest BCUT2D eigenvalue weighted by atomic mass is 35.5. The van der Waals surface area contributed by atoms with Gasteiger partial charge in [-0.2, -0.15) is 0 Å². The molecule has 7 nitrogen and oxygen atoms in total. The fraction of sp³-hybridized carbons (Fsp3) is 0.231. The number of aryl methyl sites for hydroxylation is 2. The van der Waals surface area contributed by atoms with Gasteiger partial charge in [-0.05, 0) is 45.4 Å². The predicted octanol–water partition coefficient (Wildman–Crippen LogP) is 5.18. The molecule has 4 aromatic rings. The lowest BCUT2D eigenvalue weighted by molar-refractivity contribution is 0.0696. The third-order valence-corrected chi connectivity index (χ3v) is 5.96. The minimum Gasteiger partial charge on any atom is -0.485 e. The minimum atomic E-state index is -1.52. The van der Waals surface area contributed by atoms with Gasteiger partial charge < -0.3 is 9.84 Å². The van der Waals surface area contributed by atoms with Gasteiger partial charge in [0.15, 0.2) is 11.6 Å². The molecule has 0 aliphatic rings. The Kier molecular flexibility index (Phi) is 7.07. The second-order valence-corrected chi connectivity index (χ2v) is 9.29. The molecule has 0 radical (unpaired) electrons. The van der Waals surface area contributed by atoms with Gasteiger partial charge in [-0.15, -0.1) is 0 Å². The summed E-state index contributed by atoms with van der Waals surface area (Å²) in [6.45, 7) is 5.83. The van der Waals surface area contributed by atoms with E-state index in [1.165, 1.54) is 49.0 Å². The molecule has 0 aromatic carbocycles. The molecule has 11 heteroatoms. The topological polar surface area (TPSA) is 90.1 Å². The Morgan fingerprint density at radius 1 is 1.08 bits per heavy atom. The van der Waals surface area contributed by atoms with Crippen molar-refractivity contribution in [3.8, 4) is 22.7 Å². The molecular formula is C26H22ClF3N4O3. The first kappa shape index (κ1) is 26.3. The Hall–Kier alpha value is -3.76. The summed E-state index contributed by atoms with van der Waals surface area (Å²) in [5, 5.41) is 9.98. The number of aliphatic hydroxyl groups is 1. The summed E-state index contributed by atoms with van der Waals surface area (Å²) in [4.78, 5) is 25.2. The molecule has 0 saturated carbocycles. The molecule has 0 aliphatic heterocycles. The molecule has 0 spiro atoms. The van der Waals surface area contributed by atoms with E-state index in [1.54, 1.807) is 13.8 Å².